The summed E-state index contributed by atoms with van der Waals surface area (Å²) in [6, 6.07) is 10.5. The summed E-state index contributed by atoms with van der Waals surface area (Å²) in [5, 5.41) is 24.7. The quantitative estimate of drug-likeness (QED) is 0.121. The van der Waals surface area contributed by atoms with Crippen molar-refractivity contribution in [3.05, 3.63) is 85.1 Å². The van der Waals surface area contributed by atoms with Gasteiger partial charge in [0.15, 0.2) is 5.13 Å². The number of nitro groups is 1. The van der Waals surface area contributed by atoms with Crippen molar-refractivity contribution in [1.29, 1.82) is 0 Å². The molecule has 0 aliphatic carbocycles. The number of fused-ring (bicyclic) bond motifs is 1. The largest absolute Gasteiger partial charge is 0.507 e. The Morgan fingerprint density at radius 2 is 1.97 bits per heavy atom. The summed E-state index contributed by atoms with van der Waals surface area (Å²) in [4.78, 5) is 43.8. The van der Waals surface area contributed by atoms with Crippen LogP contribution in [0.3, 0.4) is 0 Å². The van der Waals surface area contributed by atoms with Crippen LogP contribution in [-0.2, 0) is 9.59 Å². The molecule has 1 amide bonds. The van der Waals surface area contributed by atoms with Crippen LogP contribution in [0.1, 0.15) is 27.6 Å². The van der Waals surface area contributed by atoms with Gasteiger partial charge in [-0.25, -0.2) is 4.98 Å². The minimum absolute atomic E-state index is 0.0732. The number of hydrogen-bond acceptors (Lipinski definition) is 9. The second-order valence-electron chi connectivity index (χ2n) is 8.25. The van der Waals surface area contributed by atoms with E-state index < -0.39 is 22.7 Å². The number of non-ortho nitro benzene ring substituents is 1. The average Bonchev–Trinajstić information content (AvgIpc) is 3.56. The number of ketones is 1. The summed E-state index contributed by atoms with van der Waals surface area (Å²) in [7, 11) is 1.48. The predicted molar refractivity (Wildman–Crippen MR) is 138 cm³/mol. The Morgan fingerprint density at radius 3 is 2.64 bits per heavy atom. The number of ether oxygens (including phenoxy) is 1. The molecule has 11 heteroatoms. The van der Waals surface area contributed by atoms with E-state index in [1.807, 2.05) is 25.3 Å². The van der Waals surface area contributed by atoms with Crippen molar-refractivity contribution in [2.24, 2.45) is 0 Å². The highest BCUT2D eigenvalue weighted by atomic mass is 32.1. The Hall–Kier alpha value is -4.09. The summed E-state index contributed by atoms with van der Waals surface area (Å²) < 4.78 is 6.02. The molecule has 1 N–H and O–H groups in total. The van der Waals surface area contributed by atoms with Gasteiger partial charge in [-0.3, -0.25) is 24.6 Å². The topological polar surface area (TPSA) is 123 Å². The predicted octanol–water partition coefficient (Wildman–Crippen LogP) is 5.52. The van der Waals surface area contributed by atoms with Crippen molar-refractivity contribution in [2.45, 2.75) is 19.9 Å². The van der Waals surface area contributed by atoms with Gasteiger partial charge in [0, 0.05) is 17.0 Å². The van der Waals surface area contributed by atoms with E-state index in [0.29, 0.717) is 26.4 Å². The molecule has 1 fully saturated rings. The molecule has 1 aliphatic rings. The number of anilines is 1. The third-order valence-electron chi connectivity index (χ3n) is 5.91. The summed E-state index contributed by atoms with van der Waals surface area (Å²) in [6.07, 6.45) is 0. The number of aromatic nitrogens is 1. The van der Waals surface area contributed by atoms with Crippen molar-refractivity contribution in [3.8, 4) is 5.75 Å². The van der Waals surface area contributed by atoms with E-state index in [4.69, 9.17) is 4.74 Å². The SMILES string of the molecule is COc1c(C)cc(C)cc1/C(O)=C1\C(=O)C(=O)N(c2nc3ccc([N+](=O)[O-])cc3s2)C1c1cccs1. The maximum Gasteiger partial charge on any atom is 0.301 e. The van der Waals surface area contributed by atoms with Crippen molar-refractivity contribution in [1.82, 2.24) is 4.98 Å². The first-order valence-electron chi connectivity index (χ1n) is 10.8. The van der Waals surface area contributed by atoms with Crippen LogP contribution in [0.5, 0.6) is 5.75 Å². The highest BCUT2D eigenvalue weighted by Crippen LogP contribution is 2.46. The van der Waals surface area contributed by atoms with E-state index in [1.54, 1.807) is 18.2 Å². The highest BCUT2D eigenvalue weighted by Gasteiger charge is 2.49. The number of rotatable bonds is 5. The third kappa shape index (κ3) is 3.73. The van der Waals surface area contributed by atoms with Crippen molar-refractivity contribution < 1.29 is 24.4 Å². The fraction of sp³-hybridized carbons (Fsp3) is 0.160. The number of nitrogens with zero attached hydrogens (tertiary/aromatic N) is 3. The van der Waals surface area contributed by atoms with Crippen LogP contribution >= 0.6 is 22.7 Å². The number of nitro benzene ring substituents is 1. The molecule has 4 aromatic rings. The number of amides is 1. The fourth-order valence-electron chi connectivity index (χ4n) is 4.41. The second kappa shape index (κ2) is 8.85. The van der Waals surface area contributed by atoms with E-state index in [9.17, 15) is 24.8 Å². The molecule has 0 bridgehead atoms. The van der Waals surface area contributed by atoms with E-state index in [2.05, 4.69) is 4.98 Å². The molecule has 1 saturated heterocycles. The van der Waals surface area contributed by atoms with Crippen LogP contribution in [-0.4, -0.2) is 33.8 Å². The molecule has 3 heterocycles. The number of thiazole rings is 1. The lowest BCUT2D eigenvalue weighted by Gasteiger charge is -2.22. The third-order valence-corrected chi connectivity index (χ3v) is 7.86. The molecule has 0 radical (unpaired) electrons. The molecule has 1 aliphatic heterocycles. The Bertz CT molecular complexity index is 1590. The van der Waals surface area contributed by atoms with Gasteiger partial charge in [0.05, 0.1) is 33.4 Å². The van der Waals surface area contributed by atoms with E-state index in [1.165, 1.54) is 41.5 Å². The highest BCUT2D eigenvalue weighted by molar-refractivity contribution is 7.22. The Kier molecular flexibility index (Phi) is 5.81. The fourth-order valence-corrected chi connectivity index (χ4v) is 6.26. The number of benzene rings is 2. The van der Waals surface area contributed by atoms with Crippen LogP contribution in [0.15, 0.2) is 53.4 Å². The zero-order chi connectivity index (χ0) is 25.7. The lowest BCUT2D eigenvalue weighted by molar-refractivity contribution is -0.384. The molecular weight excluding hydrogens is 502 g/mol. The first kappa shape index (κ1) is 23.6. The second-order valence-corrected chi connectivity index (χ2v) is 10.2. The number of aliphatic hydroxyl groups excluding tert-OH is 1. The van der Waals surface area contributed by atoms with Crippen LogP contribution < -0.4 is 9.64 Å². The Morgan fingerprint density at radius 1 is 1.19 bits per heavy atom. The molecule has 1 atom stereocenters. The monoisotopic (exact) mass is 521 g/mol. The van der Waals surface area contributed by atoms with Crippen molar-refractivity contribution in [2.75, 3.05) is 12.0 Å². The summed E-state index contributed by atoms with van der Waals surface area (Å²) in [6.45, 7) is 3.69. The van der Waals surface area contributed by atoms with Gasteiger partial charge in [-0.2, -0.15) is 0 Å². The normalized spacial score (nSPS) is 17.2. The lowest BCUT2D eigenvalue weighted by atomic mass is 9.97. The number of hydrogen-bond donors (Lipinski definition) is 1. The smallest absolute Gasteiger partial charge is 0.301 e. The molecule has 0 spiro atoms. The molecule has 0 saturated carbocycles. The molecule has 1 unspecified atom stereocenters. The van der Waals surface area contributed by atoms with Crippen molar-refractivity contribution in [3.63, 3.8) is 0 Å². The maximum atomic E-state index is 13.4. The summed E-state index contributed by atoms with van der Waals surface area (Å²) in [5.41, 5.74) is 2.23. The minimum Gasteiger partial charge on any atom is -0.507 e. The zero-order valence-corrected chi connectivity index (χ0v) is 21.0. The zero-order valence-electron chi connectivity index (χ0n) is 19.3. The molecule has 5 rings (SSSR count). The van der Waals surface area contributed by atoms with Crippen LogP contribution in [0.25, 0.3) is 16.0 Å². The molecule has 182 valence electrons. The Labute approximate surface area is 213 Å². The number of carbonyl (C=O) groups is 2. The average molecular weight is 522 g/mol. The van der Waals surface area contributed by atoms with Crippen LogP contribution in [0.4, 0.5) is 10.8 Å². The van der Waals surface area contributed by atoms with E-state index in [0.717, 1.165) is 22.5 Å². The molecule has 2 aromatic carbocycles. The van der Waals surface area contributed by atoms with Gasteiger partial charge < -0.3 is 9.84 Å². The van der Waals surface area contributed by atoms with Gasteiger partial charge in [-0.05, 0) is 48.6 Å². The number of methoxy groups -OCH3 is 1. The van der Waals surface area contributed by atoms with Gasteiger partial charge in [-0.15, -0.1) is 11.3 Å². The van der Waals surface area contributed by atoms with Gasteiger partial charge in [0.1, 0.15) is 17.6 Å². The number of thiophene rings is 1. The minimum atomic E-state index is -0.925. The van der Waals surface area contributed by atoms with Gasteiger partial charge in [0.2, 0.25) is 0 Å². The first-order chi connectivity index (χ1) is 17.2. The molecule has 9 nitrogen and oxygen atoms in total. The number of Topliss-reactive ketones (excluding diaryl/α,β-unsaturated/α-hetero) is 1. The Balaban J connectivity index is 1.73. The van der Waals surface area contributed by atoms with E-state index >= 15 is 0 Å². The number of aryl methyl sites for hydroxylation is 2. The summed E-state index contributed by atoms with van der Waals surface area (Å²) >= 11 is 2.40. The van der Waals surface area contributed by atoms with Crippen molar-refractivity contribution >= 4 is 61.2 Å². The van der Waals surface area contributed by atoms with Gasteiger partial charge in [0.25, 0.3) is 11.5 Å². The molecule has 36 heavy (non-hydrogen) atoms. The van der Waals surface area contributed by atoms with Gasteiger partial charge >= 0.3 is 5.91 Å². The number of aliphatic hydroxyl groups is 1. The molecular formula is C25H19N3O6S2. The van der Waals surface area contributed by atoms with E-state index in [-0.39, 0.29) is 22.2 Å². The van der Waals surface area contributed by atoms with Crippen LogP contribution in [0, 0.1) is 24.0 Å². The number of carbonyl (C=O) groups excluding carboxylic acids is 2. The van der Waals surface area contributed by atoms with Gasteiger partial charge in [-0.1, -0.05) is 23.5 Å². The maximum absolute atomic E-state index is 13.4. The molecule has 2 aromatic heterocycles. The lowest BCUT2D eigenvalue weighted by Crippen LogP contribution is -2.28. The van der Waals surface area contributed by atoms with Crippen LogP contribution in [0.2, 0.25) is 0 Å². The summed E-state index contributed by atoms with van der Waals surface area (Å²) in [5.74, 6) is -1.62. The standard InChI is InChI=1S/C25H19N3O6S2/c1-12-9-13(2)23(34-3)15(10-12)21(29)19-20(17-5-4-8-35-17)27(24(31)22(19)30)25-26-16-7-6-14(28(32)33)11-18(16)36-25/h4-11,20,29H,1-3H3/b21-19+. The first-order valence-corrected chi connectivity index (χ1v) is 12.5.